The number of primary amides is 2. The zero-order valence-electron chi connectivity index (χ0n) is 43.9. The van der Waals surface area contributed by atoms with Crippen molar-refractivity contribution in [2.75, 3.05) is 50.8 Å². The first-order chi connectivity index (χ1) is 36.5. The van der Waals surface area contributed by atoms with Crippen molar-refractivity contribution < 1.29 is 72.8 Å². The van der Waals surface area contributed by atoms with Gasteiger partial charge < -0.3 is 63.6 Å². The Morgan fingerprint density at radius 3 is 1.66 bits per heavy atom. The molecule has 1 atom stereocenters. The zero-order valence-corrected chi connectivity index (χ0v) is 47.3. The first kappa shape index (κ1) is 73.8. The molecule has 0 aliphatic heterocycles. The van der Waals surface area contributed by atoms with Crippen molar-refractivity contribution in [3.8, 4) is 5.75 Å². The first-order valence-corrected chi connectivity index (χ1v) is 26.3. The molecule has 2 radical (unpaired) electrons. The number of allylic oxidation sites excluding steroid dienone is 2. The summed E-state index contributed by atoms with van der Waals surface area (Å²) < 4.78 is 4.14. The van der Waals surface area contributed by atoms with Gasteiger partial charge in [0.1, 0.15) is 11.8 Å². The van der Waals surface area contributed by atoms with Crippen LogP contribution in [0.3, 0.4) is 0 Å². The topological polar surface area (TPSA) is 407 Å². The number of ether oxygens (including phenoxy) is 1. The molecule has 0 bridgehead atoms. The number of carboxylic acids is 2. The molecule has 0 saturated carbocycles. The molecule has 77 heavy (non-hydrogen) atoms. The second kappa shape index (κ2) is 49.4. The number of nitrogens with two attached hydrogens (primary N) is 2. The molecule has 1 unspecified atom stereocenters. The Hall–Kier alpha value is -7.47. The molecule has 0 aliphatic rings. The van der Waals surface area contributed by atoms with Gasteiger partial charge >= 0.3 is 54.8 Å². The number of unbranched alkanes of at least 4 members (excludes halogenated alkanes) is 7. The van der Waals surface area contributed by atoms with Crippen LogP contribution in [0.5, 0.6) is 5.75 Å². The van der Waals surface area contributed by atoms with Gasteiger partial charge in [-0.3, -0.25) is 43.3 Å². The number of aryl methyl sites for hydroxylation is 2. The standard InChI is InChI=1S/C33H54N8O9S.C9H10O3.C6H7N.CH3NO.CHO2.Sb/c1-4-23(31(48)36-16-14-12-10-8-7-9-11-13-15-30(46)47)17-24(5-2)40-32(49)25(41-33(34)50)21-51-22-29(45)39-20-28(44)38-19-27(43)37-18-26(42)35-6-3;1-7-2-4-8(5-3-7)12-6-9(10)11;1-6-2-4-7-5-3-6;2*2-1-3;/h4-5,17,25H,2,6-16,18-22H2,1,3H3,(H,35,42)(H,36,48)(H,37,43)(H,38,44)(H,39,45)(H,40,49)(H,46,47)(H3,34,41,50);2-5H,6H2,1H3,(H,10,11);2-5H,1H3;1H,(H2,2,3);(H,2,3);/b23-4+,24-17+;;;;;. The molecule has 1 aromatic heterocycles. The summed E-state index contributed by atoms with van der Waals surface area (Å²) >= 11 is 1.77. The van der Waals surface area contributed by atoms with Gasteiger partial charge in [-0.15, -0.1) is 11.8 Å². The number of carbonyl (C=O) groups excluding carboxylic acids is 8. The summed E-state index contributed by atoms with van der Waals surface area (Å²) in [4.78, 5) is 127. The predicted molar refractivity (Wildman–Crippen MR) is 291 cm³/mol. The quantitative estimate of drug-likeness (QED) is 0.0169. The van der Waals surface area contributed by atoms with Crippen LogP contribution in [0.4, 0.5) is 9.59 Å². The number of pyridine rings is 1. The van der Waals surface area contributed by atoms with E-state index in [1.54, 1.807) is 44.4 Å². The number of nitrogens with zero attached hydrogens (tertiary/aromatic N) is 1. The number of aliphatic carboxylic acids is 2. The molecule has 25 nitrogen and oxygen atoms in total. The van der Waals surface area contributed by atoms with Crippen molar-refractivity contribution in [2.24, 2.45) is 11.5 Å². The predicted octanol–water partition coefficient (Wildman–Crippen LogP) is 1.87. The van der Waals surface area contributed by atoms with Gasteiger partial charge in [0.15, 0.2) is 6.61 Å². The fourth-order valence-electron chi connectivity index (χ4n) is 5.39. The molecule has 14 N–H and O–H groups in total. The first-order valence-electron chi connectivity index (χ1n) is 23.9. The number of carbonyl (C=O) groups is 11. The number of rotatable bonds is 31. The number of aromatic nitrogens is 1. The van der Waals surface area contributed by atoms with Crippen molar-refractivity contribution in [3.05, 3.63) is 96.0 Å². The van der Waals surface area contributed by atoms with Crippen LogP contribution in [-0.2, 0) is 43.2 Å². The molecule has 2 aromatic rings. The van der Waals surface area contributed by atoms with Crippen LogP contribution < -0.4 is 53.4 Å². The molecule has 0 saturated heterocycles. The van der Waals surface area contributed by atoms with Gasteiger partial charge in [-0.25, -0.2) is 9.59 Å². The molecule has 426 valence electrons. The van der Waals surface area contributed by atoms with Crippen molar-refractivity contribution in [1.29, 1.82) is 0 Å². The zero-order chi connectivity index (χ0) is 58.8. The number of amides is 9. The number of likely N-dealkylation sites (N-methyl/N-ethyl adjacent to an activating group) is 1. The van der Waals surface area contributed by atoms with Gasteiger partial charge in [-0.2, -0.15) is 0 Å². The summed E-state index contributed by atoms with van der Waals surface area (Å²) in [5, 5.41) is 41.7. The Balaban J connectivity index is -0.00000168. The number of nitrogens with one attached hydrogen (secondary N) is 7. The van der Waals surface area contributed by atoms with E-state index in [1.807, 2.05) is 38.1 Å². The summed E-state index contributed by atoms with van der Waals surface area (Å²) in [5.41, 5.74) is 12.3. The number of hydrogen-bond donors (Lipinski definition) is 12. The van der Waals surface area contributed by atoms with Gasteiger partial charge in [0, 0.05) is 48.9 Å². The molecule has 0 fully saturated rings. The average molecular weight is 1210 g/mol. The minimum absolute atomic E-state index is 0.0632. The molecule has 2 rings (SSSR count). The maximum atomic E-state index is 13.0. The molecular weight excluding hydrogens is 1130 g/mol. The fourth-order valence-corrected chi connectivity index (χ4v) is 6.27. The normalized spacial score (nSPS) is 10.5. The van der Waals surface area contributed by atoms with Gasteiger partial charge in [-0.1, -0.05) is 68.9 Å². The van der Waals surface area contributed by atoms with E-state index < -0.39 is 58.1 Å². The Bertz CT molecular complexity index is 2180. The summed E-state index contributed by atoms with van der Waals surface area (Å²) in [6.07, 6.45) is 15.8. The number of benzene rings is 1. The monoisotopic (exact) mass is 1210 g/mol. The van der Waals surface area contributed by atoms with E-state index >= 15 is 0 Å². The number of carboxylic acid groups (broad SMARTS) is 3. The molecule has 0 spiro atoms. The maximum absolute atomic E-state index is 13.0. The van der Waals surface area contributed by atoms with Crippen LogP contribution >= 0.6 is 11.8 Å². The number of hydrogen-bond acceptors (Lipinski definition) is 14. The van der Waals surface area contributed by atoms with Crippen LogP contribution in [0.15, 0.2) is 84.9 Å². The average Bonchev–Trinajstić information content (AvgIpc) is 3.37. The summed E-state index contributed by atoms with van der Waals surface area (Å²) in [7, 11) is 0. The summed E-state index contributed by atoms with van der Waals surface area (Å²) in [6, 6.07) is 9.06. The van der Waals surface area contributed by atoms with E-state index in [4.69, 9.17) is 35.4 Å². The molecular formula is C50H75N10O15SSb. The van der Waals surface area contributed by atoms with Crippen LogP contribution in [0.2, 0.25) is 0 Å². The van der Waals surface area contributed by atoms with E-state index in [-0.39, 0.29) is 67.1 Å². The van der Waals surface area contributed by atoms with Crippen molar-refractivity contribution in [1.82, 2.24) is 42.2 Å². The summed E-state index contributed by atoms with van der Waals surface area (Å²) in [6.45, 7) is 10.6. The third-order valence-electron chi connectivity index (χ3n) is 9.07. The second-order valence-corrected chi connectivity index (χ2v) is 17.7. The number of urea groups is 1. The Morgan fingerprint density at radius 2 is 1.22 bits per heavy atom. The molecule has 1 aromatic carbocycles. The Kier molecular flexibility index (Phi) is 47.3. The molecule has 9 amide bonds. The van der Waals surface area contributed by atoms with Gasteiger partial charge in [-0.05, 0) is 82.5 Å². The second-order valence-electron chi connectivity index (χ2n) is 15.6. The van der Waals surface area contributed by atoms with E-state index in [9.17, 15) is 43.2 Å². The summed E-state index contributed by atoms with van der Waals surface area (Å²) in [5.74, 6) is -4.53. The Morgan fingerprint density at radius 1 is 0.740 bits per heavy atom. The fraction of sp³-hybridized carbons (Fsp3) is 0.440. The van der Waals surface area contributed by atoms with Crippen LogP contribution in [0.1, 0.15) is 82.8 Å². The molecule has 1 heterocycles. The van der Waals surface area contributed by atoms with Crippen molar-refractivity contribution in [2.45, 2.75) is 91.5 Å². The third-order valence-corrected chi connectivity index (χ3v) is 10.1. The molecule has 0 aliphatic carbocycles. The SMILES string of the molecule is C=C/C(=C\C(=C/C)C(=O)NCCCCCCCCCCC(=O)O)NC(=O)C(CSCC(=O)NCC(=O)NCC(=O)NCC(=O)NCC)NC(N)=O.Cc1ccc(OCC(=O)O)cc1.Cc1ccncc1.NC=O.O=[C](O)[Sb]. The minimum atomic E-state index is -1.16. The molecule has 27 heteroatoms. The van der Waals surface area contributed by atoms with E-state index in [0.717, 1.165) is 85.3 Å². The number of thioether (sulfide) groups is 1. The van der Waals surface area contributed by atoms with Gasteiger partial charge in [0.2, 0.25) is 35.9 Å². The van der Waals surface area contributed by atoms with Gasteiger partial charge in [0.25, 0.3) is 5.91 Å². The van der Waals surface area contributed by atoms with E-state index in [0.29, 0.717) is 25.3 Å². The van der Waals surface area contributed by atoms with E-state index in [1.165, 1.54) is 17.7 Å². The Labute approximate surface area is 466 Å². The van der Waals surface area contributed by atoms with Gasteiger partial charge in [0.05, 0.1) is 25.4 Å². The van der Waals surface area contributed by atoms with Crippen LogP contribution in [0, 0.1) is 13.8 Å². The van der Waals surface area contributed by atoms with Crippen molar-refractivity contribution >= 4 is 98.5 Å². The van der Waals surface area contributed by atoms with E-state index in [2.05, 4.69) is 54.5 Å². The van der Waals surface area contributed by atoms with Crippen LogP contribution in [0.25, 0.3) is 0 Å². The third kappa shape index (κ3) is 50.5. The van der Waals surface area contributed by atoms with Crippen LogP contribution in [-0.4, -0.2) is 164 Å². The van der Waals surface area contributed by atoms with Crippen molar-refractivity contribution in [3.63, 3.8) is 0 Å².